The van der Waals surface area contributed by atoms with Crippen molar-refractivity contribution < 1.29 is 18.0 Å². The number of carbonyl (C=O) groups is 2. The van der Waals surface area contributed by atoms with E-state index in [2.05, 4.69) is 0 Å². The molecule has 3 atom stereocenters. The average molecular weight is 577 g/mol. The molecule has 2 aliphatic heterocycles. The Balaban J connectivity index is 1.46. The Morgan fingerprint density at radius 2 is 1.76 bits per heavy atom. The van der Waals surface area contributed by atoms with E-state index in [9.17, 15) is 18.0 Å². The van der Waals surface area contributed by atoms with Crippen molar-refractivity contribution in [3.05, 3.63) is 80.6 Å². The van der Waals surface area contributed by atoms with Crippen LogP contribution in [0.1, 0.15) is 70.5 Å². The molecule has 2 aromatic carbocycles. The zero-order valence-corrected chi connectivity index (χ0v) is 23.4. The third kappa shape index (κ3) is 4.59. The number of nitrogens with zero attached hydrogens (tertiary/aromatic N) is 4. The van der Waals surface area contributed by atoms with Gasteiger partial charge in [-0.25, -0.2) is 13.6 Å². The normalized spacial score (nSPS) is 20.2. The minimum atomic E-state index is -3.81. The lowest BCUT2D eigenvalue weighted by molar-refractivity contribution is 0.0574. The summed E-state index contributed by atoms with van der Waals surface area (Å²) in [5, 5.41) is 10.7. The quantitative estimate of drug-likeness (QED) is 0.500. The lowest BCUT2D eigenvalue weighted by Gasteiger charge is -2.37. The summed E-state index contributed by atoms with van der Waals surface area (Å²) in [7, 11) is -3.81. The first-order chi connectivity index (χ1) is 17.9. The monoisotopic (exact) mass is 575 g/mol. The van der Waals surface area contributed by atoms with Gasteiger partial charge in [-0.2, -0.15) is 5.10 Å². The molecule has 0 saturated heterocycles. The lowest BCUT2D eigenvalue weighted by Crippen LogP contribution is -2.45. The molecular formula is C26H27Cl2N5O4S. The fourth-order valence-electron chi connectivity index (χ4n) is 5.21. The number of carbonyl (C=O) groups excluding carboxylic acids is 2. The number of amides is 2. The lowest BCUT2D eigenvalue weighted by atomic mass is 9.96. The van der Waals surface area contributed by atoms with Crippen LogP contribution >= 0.6 is 23.2 Å². The average Bonchev–Trinajstić information content (AvgIpc) is 3.25. The SMILES string of the molecule is C[C@@H]1Cc2nn3c(c2CN1C(=O)c1ccc(Cl)c(Cl)c1)C(=O)N([C@H](C)c1ccc(S(N)(=O)=O)cc1)C[C@H]3C. The van der Waals surface area contributed by atoms with Gasteiger partial charge in [0.25, 0.3) is 11.8 Å². The number of aromatic nitrogens is 2. The molecule has 1 aromatic heterocycles. The number of benzene rings is 2. The van der Waals surface area contributed by atoms with Crippen LogP contribution in [0.25, 0.3) is 0 Å². The number of primary sulfonamides is 1. The third-order valence-electron chi connectivity index (χ3n) is 7.37. The molecule has 0 bridgehead atoms. The van der Waals surface area contributed by atoms with Crippen LogP contribution in [0.5, 0.6) is 0 Å². The van der Waals surface area contributed by atoms with Crippen molar-refractivity contribution >= 4 is 45.0 Å². The van der Waals surface area contributed by atoms with Crippen LogP contribution in [0.3, 0.4) is 0 Å². The van der Waals surface area contributed by atoms with Gasteiger partial charge in [0.15, 0.2) is 0 Å². The first kappa shape index (κ1) is 26.7. The van der Waals surface area contributed by atoms with Crippen LogP contribution in [0.4, 0.5) is 0 Å². The molecule has 5 rings (SSSR count). The van der Waals surface area contributed by atoms with Crippen LogP contribution < -0.4 is 5.14 Å². The van der Waals surface area contributed by atoms with Gasteiger partial charge in [-0.1, -0.05) is 35.3 Å². The maximum Gasteiger partial charge on any atom is 0.273 e. The number of fused-ring (bicyclic) bond motifs is 3. The molecule has 9 nitrogen and oxygen atoms in total. The number of sulfonamides is 1. The van der Waals surface area contributed by atoms with Crippen molar-refractivity contribution in [3.8, 4) is 0 Å². The fourth-order valence-corrected chi connectivity index (χ4v) is 6.02. The smallest absolute Gasteiger partial charge is 0.273 e. The summed E-state index contributed by atoms with van der Waals surface area (Å²) in [5.41, 5.74) is 3.25. The molecule has 200 valence electrons. The van der Waals surface area contributed by atoms with E-state index in [0.29, 0.717) is 34.3 Å². The topological polar surface area (TPSA) is 119 Å². The Hall–Kier alpha value is -2.92. The summed E-state index contributed by atoms with van der Waals surface area (Å²) >= 11 is 12.2. The summed E-state index contributed by atoms with van der Waals surface area (Å²) in [4.78, 5) is 30.8. The molecule has 0 aliphatic carbocycles. The number of nitrogens with two attached hydrogens (primary N) is 1. The molecule has 2 amide bonds. The number of rotatable bonds is 4. The van der Waals surface area contributed by atoms with E-state index in [4.69, 9.17) is 33.4 Å². The summed E-state index contributed by atoms with van der Waals surface area (Å²) in [6, 6.07) is 10.5. The van der Waals surface area contributed by atoms with Gasteiger partial charge in [0.2, 0.25) is 10.0 Å². The fraction of sp³-hybridized carbons (Fsp3) is 0.346. The van der Waals surface area contributed by atoms with E-state index >= 15 is 0 Å². The van der Waals surface area contributed by atoms with E-state index in [1.807, 2.05) is 20.8 Å². The first-order valence-electron chi connectivity index (χ1n) is 12.2. The zero-order valence-electron chi connectivity index (χ0n) is 21.1. The first-order valence-corrected chi connectivity index (χ1v) is 14.5. The van der Waals surface area contributed by atoms with Crippen molar-refractivity contribution in [2.24, 2.45) is 5.14 Å². The van der Waals surface area contributed by atoms with Gasteiger partial charge in [0.1, 0.15) is 5.69 Å². The highest BCUT2D eigenvalue weighted by molar-refractivity contribution is 7.89. The Kier molecular flexibility index (Phi) is 6.79. The van der Waals surface area contributed by atoms with Gasteiger partial charge in [0.05, 0.1) is 39.3 Å². The van der Waals surface area contributed by atoms with Gasteiger partial charge >= 0.3 is 0 Å². The maximum absolute atomic E-state index is 13.9. The van der Waals surface area contributed by atoms with Gasteiger partial charge in [-0.15, -0.1) is 0 Å². The summed E-state index contributed by atoms with van der Waals surface area (Å²) in [6.07, 6.45) is 0.521. The Morgan fingerprint density at radius 3 is 2.39 bits per heavy atom. The number of halogens is 2. The molecule has 0 fully saturated rings. The summed E-state index contributed by atoms with van der Waals surface area (Å²) < 4.78 is 25.1. The van der Waals surface area contributed by atoms with Crippen molar-refractivity contribution in [1.29, 1.82) is 0 Å². The minimum Gasteiger partial charge on any atom is -0.331 e. The summed E-state index contributed by atoms with van der Waals surface area (Å²) in [6.45, 7) is 6.54. The highest BCUT2D eigenvalue weighted by Gasteiger charge is 2.40. The zero-order chi connectivity index (χ0) is 27.5. The largest absolute Gasteiger partial charge is 0.331 e. The van der Waals surface area contributed by atoms with Gasteiger partial charge < -0.3 is 9.80 Å². The van der Waals surface area contributed by atoms with Crippen LogP contribution in [-0.2, 0) is 23.0 Å². The molecule has 3 heterocycles. The van der Waals surface area contributed by atoms with E-state index in [1.54, 1.807) is 44.8 Å². The second-order valence-corrected chi connectivity index (χ2v) is 12.3. The molecule has 12 heteroatoms. The van der Waals surface area contributed by atoms with Crippen LogP contribution in [-0.4, -0.2) is 52.4 Å². The molecule has 0 spiro atoms. The summed E-state index contributed by atoms with van der Waals surface area (Å²) in [5.74, 6) is -0.380. The predicted molar refractivity (Wildman–Crippen MR) is 144 cm³/mol. The Morgan fingerprint density at radius 1 is 1.08 bits per heavy atom. The van der Waals surface area contributed by atoms with Gasteiger partial charge in [-0.3, -0.25) is 14.3 Å². The molecular weight excluding hydrogens is 549 g/mol. The van der Waals surface area contributed by atoms with E-state index in [0.717, 1.165) is 16.8 Å². The number of hydrogen-bond acceptors (Lipinski definition) is 5. The van der Waals surface area contributed by atoms with E-state index < -0.39 is 10.0 Å². The number of hydrogen-bond donors (Lipinski definition) is 1. The standard InChI is InChI=1S/C26H27Cl2N5O4S/c1-14-10-23-20(13-31(14)25(34)18-6-9-21(27)22(28)11-18)24-26(35)32(12-15(2)33(24)30-23)16(3)17-4-7-19(8-5-17)38(29,36)37/h4-9,11,14-16H,10,12-13H2,1-3H3,(H2,29,36,37)/t14-,15-,16-/m1/s1. The van der Waals surface area contributed by atoms with E-state index in [1.165, 1.54) is 12.1 Å². The highest BCUT2D eigenvalue weighted by Crippen LogP contribution is 2.35. The molecule has 3 aromatic rings. The minimum absolute atomic E-state index is 0.0137. The molecule has 2 N–H and O–H groups in total. The van der Waals surface area contributed by atoms with Crippen LogP contribution in [0, 0.1) is 0 Å². The maximum atomic E-state index is 13.9. The Labute approximate surface area is 231 Å². The van der Waals surface area contributed by atoms with Crippen molar-refractivity contribution in [3.63, 3.8) is 0 Å². The third-order valence-corrected chi connectivity index (χ3v) is 9.04. The second kappa shape index (κ2) is 9.68. The second-order valence-electron chi connectivity index (χ2n) is 9.93. The van der Waals surface area contributed by atoms with Gasteiger partial charge in [-0.05, 0) is 56.7 Å². The van der Waals surface area contributed by atoms with Gasteiger partial charge in [0, 0.05) is 30.1 Å². The molecule has 0 radical (unpaired) electrons. The van der Waals surface area contributed by atoms with Crippen LogP contribution in [0.2, 0.25) is 10.0 Å². The van der Waals surface area contributed by atoms with Crippen molar-refractivity contribution in [2.45, 2.75) is 56.8 Å². The molecule has 38 heavy (non-hydrogen) atoms. The predicted octanol–water partition coefficient (Wildman–Crippen LogP) is 4.20. The molecule has 0 saturated carbocycles. The molecule has 0 unspecified atom stereocenters. The Bertz CT molecular complexity index is 1550. The van der Waals surface area contributed by atoms with Crippen LogP contribution in [0.15, 0.2) is 47.4 Å². The highest BCUT2D eigenvalue weighted by atomic mass is 35.5. The van der Waals surface area contributed by atoms with Crippen molar-refractivity contribution in [1.82, 2.24) is 19.6 Å². The van der Waals surface area contributed by atoms with Crippen molar-refractivity contribution in [2.75, 3.05) is 6.54 Å². The van der Waals surface area contributed by atoms with E-state index in [-0.39, 0.29) is 41.4 Å². The molecule has 2 aliphatic rings.